The van der Waals surface area contributed by atoms with E-state index in [-0.39, 0.29) is 12.6 Å². The van der Waals surface area contributed by atoms with Gasteiger partial charge in [0.25, 0.3) is 0 Å². The topological polar surface area (TPSA) is 69.7 Å². The summed E-state index contributed by atoms with van der Waals surface area (Å²) in [6.07, 6.45) is 5.80. The van der Waals surface area contributed by atoms with Crippen LogP contribution < -0.4 is 5.73 Å². The molecule has 0 aliphatic rings. The molecule has 20 heavy (non-hydrogen) atoms. The lowest BCUT2D eigenvalue weighted by molar-refractivity contribution is 0.0453. The summed E-state index contributed by atoms with van der Waals surface area (Å²) in [5.41, 5.74) is 5.45. The minimum absolute atomic E-state index is 0.138. The second-order valence-electron chi connectivity index (χ2n) is 5.92. The zero-order valence-corrected chi connectivity index (χ0v) is 13.6. The van der Waals surface area contributed by atoms with Gasteiger partial charge in [-0.05, 0) is 33.6 Å². The zero-order chi connectivity index (χ0) is 15.5. The van der Waals surface area contributed by atoms with E-state index in [1.807, 2.05) is 0 Å². The second-order valence-corrected chi connectivity index (χ2v) is 5.92. The summed E-state index contributed by atoms with van der Waals surface area (Å²) in [6.45, 7) is 11.3. The molecule has 0 aromatic heterocycles. The highest BCUT2D eigenvalue weighted by molar-refractivity contribution is 4.83. The average Bonchev–Trinajstić information content (AvgIpc) is 2.43. The fourth-order valence-corrected chi connectivity index (χ4v) is 2.44. The monoisotopic (exact) mass is 287 g/mol. The highest BCUT2D eigenvalue weighted by atomic mass is 16.3. The van der Waals surface area contributed by atoms with Gasteiger partial charge in [-0.15, -0.1) is 0 Å². The number of unbranched alkanes of at least 4 members (excludes halogenated alkanes) is 3. The Kier molecular flexibility index (Phi) is 11.4. The molecular formula is C16H35N2O2. The largest absolute Gasteiger partial charge is 0.392 e. The van der Waals surface area contributed by atoms with Crippen molar-refractivity contribution in [2.24, 2.45) is 5.73 Å². The van der Waals surface area contributed by atoms with E-state index in [2.05, 4.69) is 25.7 Å². The molecule has 4 N–H and O–H groups in total. The van der Waals surface area contributed by atoms with E-state index in [4.69, 9.17) is 5.73 Å². The van der Waals surface area contributed by atoms with E-state index < -0.39 is 12.2 Å². The third-order valence-electron chi connectivity index (χ3n) is 4.02. The van der Waals surface area contributed by atoms with Crippen LogP contribution in [0.5, 0.6) is 0 Å². The van der Waals surface area contributed by atoms with Gasteiger partial charge in [-0.2, -0.15) is 0 Å². The Labute approximate surface area is 125 Å². The molecule has 0 bridgehead atoms. The third-order valence-corrected chi connectivity index (χ3v) is 4.02. The molecule has 0 fully saturated rings. The number of aliphatic hydroxyl groups is 2. The van der Waals surface area contributed by atoms with E-state index in [1.165, 1.54) is 25.7 Å². The van der Waals surface area contributed by atoms with Crippen LogP contribution in [0.25, 0.3) is 0 Å². The van der Waals surface area contributed by atoms with Crippen molar-refractivity contribution in [2.45, 2.75) is 83.6 Å². The van der Waals surface area contributed by atoms with Gasteiger partial charge in [0.2, 0.25) is 0 Å². The van der Waals surface area contributed by atoms with Gasteiger partial charge in [-0.1, -0.05) is 32.6 Å². The van der Waals surface area contributed by atoms with Crippen LogP contribution in [0.3, 0.4) is 0 Å². The SMILES string of the molecule is [CH2]C(C(C)O)N(CCC(O)CN)C(C)CCCCCC. The first kappa shape index (κ1) is 19.8. The molecular weight excluding hydrogens is 252 g/mol. The van der Waals surface area contributed by atoms with Crippen molar-refractivity contribution in [3.8, 4) is 0 Å². The fourth-order valence-electron chi connectivity index (χ4n) is 2.44. The lowest BCUT2D eigenvalue weighted by atomic mass is 10.0. The first-order valence-corrected chi connectivity index (χ1v) is 8.09. The fraction of sp³-hybridized carbons (Fsp3) is 0.938. The smallest absolute Gasteiger partial charge is 0.0674 e. The van der Waals surface area contributed by atoms with Gasteiger partial charge in [0.1, 0.15) is 0 Å². The summed E-state index contributed by atoms with van der Waals surface area (Å²) in [4.78, 5) is 2.20. The average molecular weight is 287 g/mol. The molecule has 1 radical (unpaired) electrons. The Balaban J connectivity index is 4.34. The van der Waals surface area contributed by atoms with Crippen LogP contribution in [0.4, 0.5) is 0 Å². The molecule has 0 saturated heterocycles. The predicted octanol–water partition coefficient (Wildman–Crippen LogP) is 1.94. The van der Waals surface area contributed by atoms with Crippen LogP contribution in [0, 0.1) is 6.92 Å². The summed E-state index contributed by atoms with van der Waals surface area (Å²) in [5, 5.41) is 19.4. The van der Waals surface area contributed by atoms with Gasteiger partial charge in [0, 0.05) is 25.2 Å². The number of hydrogen-bond donors (Lipinski definition) is 3. The summed E-state index contributed by atoms with van der Waals surface area (Å²) < 4.78 is 0. The Bertz CT molecular complexity index is 225. The standard InChI is InChI=1S/C16H35N2O2/c1-5-6-7-8-9-13(2)18(14(3)15(4)19)11-10-16(20)12-17/h13-16,19-20H,3,5-12,17H2,1-2,4H3. The number of nitrogens with zero attached hydrogens (tertiary/aromatic N) is 1. The maximum Gasteiger partial charge on any atom is 0.0674 e. The maximum absolute atomic E-state index is 9.78. The van der Waals surface area contributed by atoms with E-state index in [0.29, 0.717) is 12.5 Å². The van der Waals surface area contributed by atoms with E-state index in [1.54, 1.807) is 6.92 Å². The summed E-state index contributed by atoms with van der Waals surface area (Å²) in [5.74, 6) is 0. The normalized spacial score (nSPS) is 18.0. The van der Waals surface area contributed by atoms with E-state index in [0.717, 1.165) is 13.0 Å². The first-order valence-electron chi connectivity index (χ1n) is 8.09. The van der Waals surface area contributed by atoms with Crippen LogP contribution in [0.15, 0.2) is 0 Å². The molecule has 0 aliphatic heterocycles. The van der Waals surface area contributed by atoms with Gasteiger partial charge in [0.15, 0.2) is 0 Å². The summed E-state index contributed by atoms with van der Waals surface area (Å²) >= 11 is 0. The van der Waals surface area contributed by atoms with Crippen molar-refractivity contribution in [3.05, 3.63) is 6.92 Å². The number of rotatable bonds is 12. The molecule has 4 nitrogen and oxygen atoms in total. The first-order chi connectivity index (χ1) is 9.43. The minimum Gasteiger partial charge on any atom is -0.392 e. The number of hydrogen-bond acceptors (Lipinski definition) is 4. The highest BCUT2D eigenvalue weighted by Crippen LogP contribution is 2.16. The molecule has 0 rings (SSSR count). The van der Waals surface area contributed by atoms with Crippen molar-refractivity contribution >= 4 is 0 Å². The molecule has 0 saturated carbocycles. The van der Waals surface area contributed by atoms with Crippen LogP contribution >= 0.6 is 0 Å². The van der Waals surface area contributed by atoms with Crippen LogP contribution in [0.2, 0.25) is 0 Å². The van der Waals surface area contributed by atoms with Crippen LogP contribution in [0.1, 0.15) is 59.3 Å². The van der Waals surface area contributed by atoms with Gasteiger partial charge < -0.3 is 15.9 Å². The van der Waals surface area contributed by atoms with Gasteiger partial charge in [-0.25, -0.2) is 0 Å². The van der Waals surface area contributed by atoms with Crippen molar-refractivity contribution in [2.75, 3.05) is 13.1 Å². The molecule has 0 heterocycles. The molecule has 0 amide bonds. The molecule has 0 spiro atoms. The maximum atomic E-state index is 9.78. The predicted molar refractivity (Wildman–Crippen MR) is 85.4 cm³/mol. The van der Waals surface area contributed by atoms with E-state index >= 15 is 0 Å². The molecule has 0 aromatic rings. The van der Waals surface area contributed by atoms with Crippen molar-refractivity contribution < 1.29 is 10.2 Å². The lowest BCUT2D eigenvalue weighted by Crippen LogP contribution is -2.47. The molecule has 4 heteroatoms. The zero-order valence-electron chi connectivity index (χ0n) is 13.6. The minimum atomic E-state index is -0.469. The van der Waals surface area contributed by atoms with Crippen molar-refractivity contribution in [1.82, 2.24) is 4.90 Å². The van der Waals surface area contributed by atoms with Gasteiger partial charge >= 0.3 is 0 Å². The summed E-state index contributed by atoms with van der Waals surface area (Å²) in [6, 6.07) is 0.232. The number of nitrogens with two attached hydrogens (primary N) is 1. The molecule has 0 aromatic carbocycles. The van der Waals surface area contributed by atoms with Gasteiger partial charge in [-0.3, -0.25) is 4.90 Å². The molecule has 0 aliphatic carbocycles. The Morgan fingerprint density at radius 3 is 2.25 bits per heavy atom. The highest BCUT2D eigenvalue weighted by Gasteiger charge is 2.23. The summed E-state index contributed by atoms with van der Waals surface area (Å²) in [7, 11) is 0. The molecule has 4 unspecified atom stereocenters. The number of aliphatic hydroxyl groups excluding tert-OH is 2. The third kappa shape index (κ3) is 8.20. The second kappa shape index (κ2) is 11.5. The molecule has 121 valence electrons. The van der Waals surface area contributed by atoms with Crippen molar-refractivity contribution in [1.29, 1.82) is 0 Å². The Hall–Kier alpha value is -0.160. The Morgan fingerprint density at radius 2 is 1.75 bits per heavy atom. The van der Waals surface area contributed by atoms with Crippen LogP contribution in [-0.4, -0.2) is 52.5 Å². The van der Waals surface area contributed by atoms with E-state index in [9.17, 15) is 10.2 Å². The Morgan fingerprint density at radius 1 is 1.10 bits per heavy atom. The van der Waals surface area contributed by atoms with Crippen LogP contribution in [-0.2, 0) is 0 Å². The molecule has 4 atom stereocenters. The lowest BCUT2D eigenvalue weighted by Gasteiger charge is -2.36. The van der Waals surface area contributed by atoms with Crippen molar-refractivity contribution in [3.63, 3.8) is 0 Å². The van der Waals surface area contributed by atoms with Gasteiger partial charge in [0.05, 0.1) is 12.2 Å². The quantitative estimate of drug-likeness (QED) is 0.480.